The molecular weight excluding hydrogens is 1310 g/mol. The van der Waals surface area contributed by atoms with Crippen molar-refractivity contribution in [1.82, 2.24) is 0 Å². The Morgan fingerprint density at radius 1 is 0.290 bits per heavy atom. The van der Waals surface area contributed by atoms with E-state index in [9.17, 15) is 43.2 Å². The normalized spacial score (nSPS) is 14.5. The van der Waals surface area contributed by atoms with Crippen molar-refractivity contribution in [2.75, 3.05) is 39.6 Å². The maximum atomic E-state index is 13.1. The molecular formula is C81H158O17P2. The molecule has 0 rings (SSSR count). The van der Waals surface area contributed by atoms with E-state index in [1.165, 1.54) is 225 Å². The predicted octanol–water partition coefficient (Wildman–Crippen LogP) is 24.1. The van der Waals surface area contributed by atoms with Crippen LogP contribution in [0.3, 0.4) is 0 Å². The minimum absolute atomic E-state index is 0.104. The number of aliphatic hydroxyl groups is 1. The molecule has 7 atom stereocenters. The van der Waals surface area contributed by atoms with Crippen LogP contribution in [0.25, 0.3) is 0 Å². The molecule has 0 saturated carbocycles. The number of hydrogen-bond donors (Lipinski definition) is 3. The number of carbonyl (C=O) groups is 4. The lowest BCUT2D eigenvalue weighted by Gasteiger charge is -2.21. The molecule has 0 aromatic carbocycles. The molecule has 17 nitrogen and oxygen atoms in total. The van der Waals surface area contributed by atoms with Gasteiger partial charge in [-0.25, -0.2) is 9.13 Å². The van der Waals surface area contributed by atoms with Crippen molar-refractivity contribution in [2.45, 2.75) is 439 Å². The van der Waals surface area contributed by atoms with E-state index in [2.05, 4.69) is 48.5 Å². The third-order valence-corrected chi connectivity index (χ3v) is 21.5. The molecule has 0 radical (unpaired) electrons. The maximum Gasteiger partial charge on any atom is 0.472 e. The van der Waals surface area contributed by atoms with Crippen molar-refractivity contribution in [2.24, 2.45) is 17.8 Å². The molecule has 0 heterocycles. The first-order chi connectivity index (χ1) is 48.3. The quantitative estimate of drug-likeness (QED) is 0.0222. The first kappa shape index (κ1) is 98.1. The highest BCUT2D eigenvalue weighted by atomic mass is 31.2. The number of phosphoric acid groups is 2. The molecule has 0 aliphatic carbocycles. The van der Waals surface area contributed by atoms with Gasteiger partial charge < -0.3 is 33.8 Å². The van der Waals surface area contributed by atoms with Gasteiger partial charge in [-0.15, -0.1) is 0 Å². The van der Waals surface area contributed by atoms with Crippen LogP contribution in [0, 0.1) is 17.8 Å². The van der Waals surface area contributed by atoms with Crippen molar-refractivity contribution >= 4 is 39.5 Å². The highest BCUT2D eigenvalue weighted by Crippen LogP contribution is 2.45. The number of hydrogen-bond acceptors (Lipinski definition) is 15. The van der Waals surface area contributed by atoms with Crippen molar-refractivity contribution in [3.8, 4) is 0 Å². The first-order valence-corrected chi connectivity index (χ1v) is 44.9. The Hall–Kier alpha value is -1.94. The molecule has 594 valence electrons. The molecule has 19 heteroatoms. The Kier molecular flexibility index (Phi) is 69.9. The number of esters is 4. The lowest BCUT2D eigenvalue weighted by Crippen LogP contribution is -2.30. The fourth-order valence-electron chi connectivity index (χ4n) is 12.4. The summed E-state index contributed by atoms with van der Waals surface area (Å²) in [6.45, 7) is 11.9. The van der Waals surface area contributed by atoms with E-state index in [0.717, 1.165) is 114 Å². The summed E-state index contributed by atoms with van der Waals surface area (Å²) in [6.07, 6.45) is 59.8. The maximum absolute atomic E-state index is 13.1. The number of rotatable bonds is 79. The van der Waals surface area contributed by atoms with E-state index >= 15 is 0 Å². The van der Waals surface area contributed by atoms with Crippen LogP contribution in [-0.4, -0.2) is 96.7 Å². The Balaban J connectivity index is 5.23. The van der Waals surface area contributed by atoms with Gasteiger partial charge in [0.2, 0.25) is 0 Å². The highest BCUT2D eigenvalue weighted by molar-refractivity contribution is 7.47. The van der Waals surface area contributed by atoms with Crippen LogP contribution in [0.4, 0.5) is 0 Å². The second kappa shape index (κ2) is 71.3. The Morgan fingerprint density at radius 2 is 0.510 bits per heavy atom. The van der Waals surface area contributed by atoms with E-state index < -0.39 is 97.5 Å². The number of carbonyl (C=O) groups excluding carboxylic acids is 4. The molecule has 0 fully saturated rings. The summed E-state index contributed by atoms with van der Waals surface area (Å²) in [5.41, 5.74) is 0. The minimum Gasteiger partial charge on any atom is -0.462 e. The summed E-state index contributed by atoms with van der Waals surface area (Å²) < 4.78 is 68.7. The summed E-state index contributed by atoms with van der Waals surface area (Å²) >= 11 is 0. The Bertz CT molecular complexity index is 1940. The van der Waals surface area contributed by atoms with Gasteiger partial charge in [0.25, 0.3) is 0 Å². The number of phosphoric ester groups is 2. The molecule has 4 unspecified atom stereocenters. The van der Waals surface area contributed by atoms with Crippen LogP contribution >= 0.6 is 15.6 Å². The van der Waals surface area contributed by atoms with Crippen LogP contribution < -0.4 is 0 Å². The van der Waals surface area contributed by atoms with Crippen LogP contribution in [0.15, 0.2) is 0 Å². The number of unbranched alkanes of at least 4 members (excludes halogenated alkanes) is 45. The van der Waals surface area contributed by atoms with Crippen LogP contribution in [-0.2, 0) is 65.4 Å². The van der Waals surface area contributed by atoms with Crippen molar-refractivity contribution in [1.29, 1.82) is 0 Å². The molecule has 100 heavy (non-hydrogen) atoms. The Labute approximate surface area is 613 Å². The molecule has 0 spiro atoms. The van der Waals surface area contributed by atoms with E-state index in [1.54, 1.807) is 0 Å². The minimum atomic E-state index is -4.96. The summed E-state index contributed by atoms with van der Waals surface area (Å²) in [7, 11) is -9.92. The van der Waals surface area contributed by atoms with Gasteiger partial charge in [0.1, 0.15) is 19.3 Å². The number of ether oxygens (including phenoxy) is 4. The summed E-state index contributed by atoms with van der Waals surface area (Å²) in [5.74, 6) is 0.203. The third-order valence-electron chi connectivity index (χ3n) is 19.6. The van der Waals surface area contributed by atoms with Crippen molar-refractivity contribution in [3.05, 3.63) is 0 Å². The molecule has 3 N–H and O–H groups in total. The summed E-state index contributed by atoms with van der Waals surface area (Å²) in [5, 5.41) is 10.6. The lowest BCUT2D eigenvalue weighted by molar-refractivity contribution is -0.161. The second-order valence-electron chi connectivity index (χ2n) is 30.1. The zero-order chi connectivity index (χ0) is 73.7. The van der Waals surface area contributed by atoms with Crippen LogP contribution in [0.5, 0.6) is 0 Å². The van der Waals surface area contributed by atoms with Crippen molar-refractivity contribution in [3.63, 3.8) is 0 Å². The third kappa shape index (κ3) is 71.7. The second-order valence-corrected chi connectivity index (χ2v) is 33.0. The van der Waals surface area contributed by atoms with E-state index in [4.69, 9.17) is 37.0 Å². The summed E-state index contributed by atoms with van der Waals surface area (Å²) in [6, 6.07) is 0. The molecule has 0 aliphatic rings. The van der Waals surface area contributed by atoms with Gasteiger partial charge in [0, 0.05) is 25.7 Å². The number of aliphatic hydroxyl groups excluding tert-OH is 1. The molecule has 0 saturated heterocycles. The average Bonchev–Trinajstić information content (AvgIpc) is 0.937. The van der Waals surface area contributed by atoms with Gasteiger partial charge in [-0.1, -0.05) is 370 Å². The van der Waals surface area contributed by atoms with E-state index in [1.807, 2.05) is 0 Å². The van der Waals surface area contributed by atoms with Gasteiger partial charge in [-0.05, 0) is 43.4 Å². The smallest absolute Gasteiger partial charge is 0.462 e. The predicted molar refractivity (Wildman–Crippen MR) is 409 cm³/mol. The highest BCUT2D eigenvalue weighted by Gasteiger charge is 2.30. The van der Waals surface area contributed by atoms with Gasteiger partial charge >= 0.3 is 39.5 Å². The van der Waals surface area contributed by atoms with Gasteiger partial charge in [0.05, 0.1) is 26.4 Å². The zero-order valence-corrected chi connectivity index (χ0v) is 67.5. The molecule has 0 aliphatic heterocycles. The fourth-order valence-corrected chi connectivity index (χ4v) is 14.0. The molecule has 0 aromatic rings. The molecule has 0 aromatic heterocycles. The van der Waals surface area contributed by atoms with E-state index in [-0.39, 0.29) is 25.7 Å². The average molecular weight is 1470 g/mol. The van der Waals surface area contributed by atoms with Crippen molar-refractivity contribution < 1.29 is 80.2 Å². The lowest BCUT2D eigenvalue weighted by atomic mass is 9.99. The zero-order valence-electron chi connectivity index (χ0n) is 65.7. The van der Waals surface area contributed by atoms with E-state index in [0.29, 0.717) is 25.7 Å². The monoisotopic (exact) mass is 1470 g/mol. The Morgan fingerprint density at radius 3 is 0.760 bits per heavy atom. The standard InChI is InChI=1S/C81H158O17P2/c1-8-11-12-13-14-15-16-17-18-19-20-21-22-23-28-31-36-41-50-57-64-80(85)97-76(68-91-78(83)62-55-48-40-35-30-27-25-24-26-29-34-39-46-53-60-73(6)9-2)70-95-99(87,88)93-66-75(82)67-94-100(89,90)96-71-77(69-92-79(84)63-56-49-44-43-47-54-61-74(7)10-3)98-81(86)65-58-51-42-37-32-33-38-45-52-59-72(4)5/h72-77,82H,8-71H2,1-7H3,(H,87,88)(H,89,90)/t73?,74?,75-,76-,77-/m1/s1. The molecule has 0 bridgehead atoms. The summed E-state index contributed by atoms with van der Waals surface area (Å²) in [4.78, 5) is 73.0. The molecule has 0 amide bonds. The van der Waals surface area contributed by atoms with Gasteiger partial charge in [-0.2, -0.15) is 0 Å². The van der Waals surface area contributed by atoms with Crippen LogP contribution in [0.1, 0.15) is 421 Å². The largest absolute Gasteiger partial charge is 0.472 e. The van der Waals surface area contributed by atoms with Crippen LogP contribution in [0.2, 0.25) is 0 Å². The van der Waals surface area contributed by atoms with Gasteiger partial charge in [0.15, 0.2) is 12.2 Å². The van der Waals surface area contributed by atoms with Gasteiger partial charge in [-0.3, -0.25) is 37.3 Å². The first-order valence-electron chi connectivity index (χ1n) is 41.9. The topological polar surface area (TPSA) is 237 Å². The fraction of sp³-hybridized carbons (Fsp3) is 0.951. The SMILES string of the molecule is CCCCCCCCCCCCCCCCCCCCCCC(=O)O[C@H](COC(=O)CCCCCCCCCCCCCCCCC(C)CC)COP(=O)(O)OC[C@@H](O)COP(=O)(O)OC[C@@H](COC(=O)CCCCCCCCC(C)CC)OC(=O)CCCCCCCCCCCC(C)C.